The number of carbonyl (C=O) groups is 1. The standard InChI is InChI=1S/C19H20BrClFN5O/c1-4-17(27-9-13(20)8-23-27)19(28)24-18-11(2)25-26(12(18)3)10-14-15(21)6-5-7-16(14)22/h5-9,17H,4,10H2,1-3H3,(H,24,28). The summed E-state index contributed by atoms with van der Waals surface area (Å²) in [6.45, 7) is 5.73. The van der Waals surface area contributed by atoms with Gasteiger partial charge in [-0.3, -0.25) is 14.2 Å². The van der Waals surface area contributed by atoms with Crippen molar-refractivity contribution in [1.82, 2.24) is 19.6 Å². The summed E-state index contributed by atoms with van der Waals surface area (Å²) in [5.74, 6) is -0.575. The maximum absolute atomic E-state index is 14.1. The van der Waals surface area contributed by atoms with Crippen molar-refractivity contribution in [3.8, 4) is 0 Å². The van der Waals surface area contributed by atoms with E-state index in [1.165, 1.54) is 6.07 Å². The van der Waals surface area contributed by atoms with E-state index < -0.39 is 6.04 Å². The number of hydrogen-bond donors (Lipinski definition) is 1. The monoisotopic (exact) mass is 467 g/mol. The van der Waals surface area contributed by atoms with E-state index in [0.29, 0.717) is 28.4 Å². The summed E-state index contributed by atoms with van der Waals surface area (Å²) in [6, 6.07) is 4.12. The summed E-state index contributed by atoms with van der Waals surface area (Å²) >= 11 is 9.47. The smallest absolute Gasteiger partial charge is 0.249 e. The third kappa shape index (κ3) is 4.12. The average molecular weight is 469 g/mol. The maximum atomic E-state index is 14.1. The van der Waals surface area contributed by atoms with E-state index in [-0.39, 0.29) is 18.3 Å². The van der Waals surface area contributed by atoms with Crippen LogP contribution in [0.1, 0.15) is 36.3 Å². The molecule has 3 rings (SSSR count). The minimum atomic E-state index is -0.450. The van der Waals surface area contributed by atoms with Gasteiger partial charge in [0.15, 0.2) is 0 Å². The summed E-state index contributed by atoms with van der Waals surface area (Å²) in [5.41, 5.74) is 2.35. The second-order valence-electron chi connectivity index (χ2n) is 6.46. The summed E-state index contributed by atoms with van der Waals surface area (Å²) < 4.78 is 18.2. The van der Waals surface area contributed by atoms with Crippen LogP contribution in [0.2, 0.25) is 5.02 Å². The Morgan fingerprint density at radius 3 is 2.75 bits per heavy atom. The van der Waals surface area contributed by atoms with Gasteiger partial charge in [0.1, 0.15) is 11.9 Å². The molecule has 0 spiro atoms. The van der Waals surface area contributed by atoms with Crippen molar-refractivity contribution >= 4 is 39.1 Å². The molecular weight excluding hydrogens is 449 g/mol. The van der Waals surface area contributed by atoms with Crippen LogP contribution in [0.15, 0.2) is 35.1 Å². The predicted octanol–water partition coefficient (Wildman–Crippen LogP) is 4.89. The fourth-order valence-electron chi connectivity index (χ4n) is 3.05. The van der Waals surface area contributed by atoms with Gasteiger partial charge in [-0.1, -0.05) is 24.6 Å². The van der Waals surface area contributed by atoms with Crippen molar-refractivity contribution in [1.29, 1.82) is 0 Å². The highest BCUT2D eigenvalue weighted by Crippen LogP contribution is 2.26. The highest BCUT2D eigenvalue weighted by atomic mass is 79.9. The van der Waals surface area contributed by atoms with Crippen LogP contribution in [0.4, 0.5) is 10.1 Å². The van der Waals surface area contributed by atoms with Crippen molar-refractivity contribution in [3.05, 3.63) is 62.9 Å². The summed E-state index contributed by atoms with van der Waals surface area (Å²) in [4.78, 5) is 12.8. The number of benzene rings is 1. The average Bonchev–Trinajstić information content (AvgIpc) is 3.17. The van der Waals surface area contributed by atoms with E-state index in [2.05, 4.69) is 31.4 Å². The quantitative estimate of drug-likeness (QED) is 0.560. The van der Waals surface area contributed by atoms with Crippen LogP contribution in [0.5, 0.6) is 0 Å². The van der Waals surface area contributed by atoms with Crippen LogP contribution in [0.25, 0.3) is 0 Å². The number of nitrogens with one attached hydrogen (secondary N) is 1. The van der Waals surface area contributed by atoms with Gasteiger partial charge >= 0.3 is 0 Å². The fraction of sp³-hybridized carbons (Fsp3) is 0.316. The molecule has 28 heavy (non-hydrogen) atoms. The summed E-state index contributed by atoms with van der Waals surface area (Å²) in [6.07, 6.45) is 3.98. The lowest BCUT2D eigenvalue weighted by Gasteiger charge is -2.16. The SMILES string of the molecule is CCC(C(=O)Nc1c(C)nn(Cc2c(F)cccc2Cl)c1C)n1cc(Br)cn1. The van der Waals surface area contributed by atoms with E-state index in [0.717, 1.165) is 10.2 Å². The van der Waals surface area contributed by atoms with Gasteiger partial charge in [0.25, 0.3) is 0 Å². The van der Waals surface area contributed by atoms with Crippen LogP contribution >= 0.6 is 27.5 Å². The first kappa shape index (κ1) is 20.5. The number of rotatable bonds is 6. The number of aromatic nitrogens is 4. The van der Waals surface area contributed by atoms with E-state index in [1.807, 2.05) is 13.8 Å². The molecule has 3 aromatic rings. The number of halogens is 3. The zero-order valence-corrected chi connectivity index (χ0v) is 18.1. The normalized spacial score (nSPS) is 12.2. The largest absolute Gasteiger partial charge is 0.321 e. The molecule has 1 atom stereocenters. The van der Waals surface area contributed by atoms with Crippen molar-refractivity contribution in [3.63, 3.8) is 0 Å². The van der Waals surface area contributed by atoms with Gasteiger partial charge in [0, 0.05) is 16.8 Å². The molecule has 0 fully saturated rings. The number of amides is 1. The summed E-state index contributed by atoms with van der Waals surface area (Å²) in [5, 5.41) is 11.9. The number of hydrogen-bond acceptors (Lipinski definition) is 3. The molecule has 0 aliphatic rings. The molecule has 1 amide bonds. The van der Waals surface area contributed by atoms with Crippen LogP contribution < -0.4 is 5.32 Å². The molecule has 0 saturated carbocycles. The lowest BCUT2D eigenvalue weighted by molar-refractivity contribution is -0.119. The molecule has 0 radical (unpaired) electrons. The first-order valence-corrected chi connectivity index (χ1v) is 9.96. The Hall–Kier alpha value is -2.19. The molecule has 0 saturated heterocycles. The molecule has 2 heterocycles. The van der Waals surface area contributed by atoms with Gasteiger partial charge in [-0.2, -0.15) is 10.2 Å². The van der Waals surface area contributed by atoms with Crippen LogP contribution in [-0.4, -0.2) is 25.5 Å². The first-order chi connectivity index (χ1) is 13.3. The van der Waals surface area contributed by atoms with Gasteiger partial charge in [-0.15, -0.1) is 0 Å². The number of anilines is 1. The second-order valence-corrected chi connectivity index (χ2v) is 7.78. The van der Waals surface area contributed by atoms with Crippen molar-refractivity contribution in [2.24, 2.45) is 0 Å². The molecule has 1 unspecified atom stereocenters. The fourth-order valence-corrected chi connectivity index (χ4v) is 3.57. The molecular formula is C19H20BrClFN5O. The minimum absolute atomic E-state index is 0.178. The Labute approximate surface area is 175 Å². The zero-order valence-electron chi connectivity index (χ0n) is 15.7. The Balaban J connectivity index is 1.84. The molecule has 6 nitrogen and oxygen atoms in total. The van der Waals surface area contributed by atoms with Crippen molar-refractivity contribution in [2.45, 2.75) is 39.8 Å². The molecule has 148 valence electrons. The van der Waals surface area contributed by atoms with Gasteiger partial charge < -0.3 is 5.32 Å². The zero-order chi connectivity index (χ0) is 20.4. The highest BCUT2D eigenvalue weighted by Gasteiger charge is 2.23. The Morgan fingerprint density at radius 2 is 2.14 bits per heavy atom. The lowest BCUT2D eigenvalue weighted by atomic mass is 10.2. The second kappa shape index (κ2) is 8.45. The predicted molar refractivity (Wildman–Crippen MR) is 110 cm³/mol. The Kier molecular flexibility index (Phi) is 6.20. The Morgan fingerprint density at radius 1 is 1.39 bits per heavy atom. The van der Waals surface area contributed by atoms with E-state index in [4.69, 9.17) is 11.6 Å². The van der Waals surface area contributed by atoms with E-state index in [1.54, 1.807) is 40.8 Å². The van der Waals surface area contributed by atoms with Crippen LogP contribution in [-0.2, 0) is 11.3 Å². The first-order valence-electron chi connectivity index (χ1n) is 8.79. The van der Waals surface area contributed by atoms with Gasteiger partial charge in [-0.25, -0.2) is 4.39 Å². The molecule has 1 aromatic carbocycles. The van der Waals surface area contributed by atoms with E-state index in [9.17, 15) is 9.18 Å². The van der Waals surface area contributed by atoms with Gasteiger partial charge in [-0.05, 0) is 48.3 Å². The van der Waals surface area contributed by atoms with Gasteiger partial charge in [0.2, 0.25) is 5.91 Å². The minimum Gasteiger partial charge on any atom is -0.321 e. The third-order valence-corrected chi connectivity index (χ3v) is 5.34. The lowest BCUT2D eigenvalue weighted by Crippen LogP contribution is -2.26. The van der Waals surface area contributed by atoms with Crippen LogP contribution in [0.3, 0.4) is 0 Å². The topological polar surface area (TPSA) is 64.7 Å². The maximum Gasteiger partial charge on any atom is 0.249 e. The molecule has 0 aliphatic heterocycles. The number of nitrogens with zero attached hydrogens (tertiary/aromatic N) is 4. The molecule has 0 bridgehead atoms. The highest BCUT2D eigenvalue weighted by molar-refractivity contribution is 9.10. The summed E-state index contributed by atoms with van der Waals surface area (Å²) in [7, 11) is 0. The van der Waals surface area contributed by atoms with Crippen LogP contribution in [0, 0.1) is 19.7 Å². The number of aryl methyl sites for hydroxylation is 1. The third-order valence-electron chi connectivity index (χ3n) is 4.58. The molecule has 0 aliphatic carbocycles. The van der Waals surface area contributed by atoms with Gasteiger partial charge in [0.05, 0.1) is 34.3 Å². The Bertz CT molecular complexity index is 996. The molecule has 1 N–H and O–H groups in total. The van der Waals surface area contributed by atoms with Crippen molar-refractivity contribution < 1.29 is 9.18 Å². The van der Waals surface area contributed by atoms with E-state index >= 15 is 0 Å². The molecule has 9 heteroatoms. The number of carbonyl (C=O) groups excluding carboxylic acids is 1. The van der Waals surface area contributed by atoms with Crippen molar-refractivity contribution in [2.75, 3.05) is 5.32 Å². The molecule has 2 aromatic heterocycles.